The van der Waals surface area contributed by atoms with Crippen molar-refractivity contribution in [2.45, 2.75) is 12.8 Å². The number of carboxylic acids is 2. The molecular formula is C10H18O4S2. The van der Waals surface area contributed by atoms with Crippen molar-refractivity contribution in [3.05, 3.63) is 25.3 Å². The number of carbonyl (C=O) groups is 2. The molecule has 94 valence electrons. The fourth-order valence-corrected chi connectivity index (χ4v) is 0.671. The molecule has 4 nitrogen and oxygen atoms in total. The molecule has 0 radical (unpaired) electrons. The van der Waals surface area contributed by atoms with Gasteiger partial charge in [-0.1, -0.05) is 13.2 Å². The number of rotatable bonds is 5. The Labute approximate surface area is 107 Å². The van der Waals surface area contributed by atoms with Gasteiger partial charge in [-0.25, -0.2) is 9.59 Å². The fraction of sp³-hybridized carbons (Fsp3) is 0.400. The molecule has 0 heterocycles. The highest BCUT2D eigenvalue weighted by Crippen LogP contribution is 1.91. The monoisotopic (exact) mass is 266 g/mol. The van der Waals surface area contributed by atoms with Gasteiger partial charge in [0.05, 0.1) is 0 Å². The second-order valence-electron chi connectivity index (χ2n) is 2.24. The van der Waals surface area contributed by atoms with E-state index in [2.05, 4.69) is 38.4 Å². The molecule has 6 heteroatoms. The van der Waals surface area contributed by atoms with Gasteiger partial charge in [-0.05, 0) is 24.3 Å². The first-order chi connectivity index (χ1) is 7.45. The Bertz CT molecular complexity index is 183. The molecule has 2 N–H and O–H groups in total. The summed E-state index contributed by atoms with van der Waals surface area (Å²) in [5.41, 5.74) is 0. The van der Waals surface area contributed by atoms with Gasteiger partial charge in [0, 0.05) is 12.2 Å². The van der Waals surface area contributed by atoms with Crippen LogP contribution < -0.4 is 0 Å². The predicted octanol–water partition coefficient (Wildman–Crippen LogP) is 2.14. The Morgan fingerprint density at radius 2 is 1.12 bits per heavy atom. The van der Waals surface area contributed by atoms with Gasteiger partial charge in [-0.2, -0.15) is 25.3 Å². The highest BCUT2D eigenvalue weighted by molar-refractivity contribution is 7.80. The second-order valence-corrected chi connectivity index (χ2v) is 3.13. The van der Waals surface area contributed by atoms with Crippen LogP contribution in [0.3, 0.4) is 0 Å². The van der Waals surface area contributed by atoms with Crippen LogP contribution in [-0.4, -0.2) is 33.7 Å². The summed E-state index contributed by atoms with van der Waals surface area (Å²) in [5, 5.41) is 15.2. The van der Waals surface area contributed by atoms with Crippen molar-refractivity contribution in [1.29, 1.82) is 0 Å². The van der Waals surface area contributed by atoms with E-state index in [0.29, 0.717) is 0 Å². The molecule has 0 saturated carbocycles. The average Bonchev–Trinajstić information content (AvgIpc) is 2.27. The van der Waals surface area contributed by atoms with Crippen LogP contribution in [0, 0.1) is 0 Å². The fourth-order valence-electron chi connectivity index (χ4n) is 0.224. The van der Waals surface area contributed by atoms with E-state index in [0.717, 1.165) is 23.7 Å². The van der Waals surface area contributed by atoms with Crippen molar-refractivity contribution in [3.8, 4) is 0 Å². The zero-order valence-corrected chi connectivity index (χ0v) is 10.8. The summed E-state index contributed by atoms with van der Waals surface area (Å²) >= 11 is 8.04. The van der Waals surface area contributed by atoms with Crippen LogP contribution in [0.25, 0.3) is 0 Å². The molecule has 0 aliphatic carbocycles. The van der Waals surface area contributed by atoms with Crippen molar-refractivity contribution < 1.29 is 19.8 Å². The molecule has 0 amide bonds. The van der Waals surface area contributed by atoms with Gasteiger partial charge in [0.1, 0.15) is 0 Å². The SMILES string of the molecule is C=CC(=O)O.C=CC(=O)O.SCCCCS. The van der Waals surface area contributed by atoms with Crippen molar-refractivity contribution >= 4 is 37.2 Å². The van der Waals surface area contributed by atoms with Crippen molar-refractivity contribution in [2.24, 2.45) is 0 Å². The maximum absolute atomic E-state index is 9.25. The topological polar surface area (TPSA) is 74.6 Å². The summed E-state index contributed by atoms with van der Waals surface area (Å²) in [4.78, 5) is 18.5. The first-order valence-corrected chi connectivity index (χ1v) is 5.65. The lowest BCUT2D eigenvalue weighted by atomic mass is 10.4. The van der Waals surface area contributed by atoms with E-state index >= 15 is 0 Å². The van der Waals surface area contributed by atoms with Crippen molar-refractivity contribution in [1.82, 2.24) is 0 Å². The van der Waals surface area contributed by atoms with Crippen LogP contribution in [0.15, 0.2) is 25.3 Å². The summed E-state index contributed by atoms with van der Waals surface area (Å²) in [7, 11) is 0. The molecular weight excluding hydrogens is 248 g/mol. The molecule has 0 aliphatic rings. The number of thiol groups is 2. The van der Waals surface area contributed by atoms with Crippen molar-refractivity contribution in [2.75, 3.05) is 11.5 Å². The van der Waals surface area contributed by atoms with Crippen LogP contribution in [0.1, 0.15) is 12.8 Å². The zero-order chi connectivity index (χ0) is 13.4. The average molecular weight is 266 g/mol. The number of aliphatic carboxylic acids is 2. The van der Waals surface area contributed by atoms with E-state index in [9.17, 15) is 9.59 Å². The number of carboxylic acid groups (broad SMARTS) is 2. The third-order valence-corrected chi connectivity index (χ3v) is 1.55. The molecule has 0 atom stereocenters. The van der Waals surface area contributed by atoms with E-state index < -0.39 is 11.9 Å². The summed E-state index contributed by atoms with van der Waals surface area (Å²) in [6.07, 6.45) is 4.07. The molecule has 0 unspecified atom stereocenters. The maximum atomic E-state index is 9.25. The minimum atomic E-state index is -0.981. The Kier molecular flexibility index (Phi) is 25.2. The molecule has 0 rings (SSSR count). The normalized spacial score (nSPS) is 7.38. The Morgan fingerprint density at radius 1 is 0.938 bits per heavy atom. The van der Waals surface area contributed by atoms with Gasteiger partial charge in [0.15, 0.2) is 0 Å². The summed E-state index contributed by atoms with van der Waals surface area (Å²) in [6, 6.07) is 0. The highest BCUT2D eigenvalue weighted by atomic mass is 32.1. The Morgan fingerprint density at radius 3 is 1.19 bits per heavy atom. The lowest BCUT2D eigenvalue weighted by molar-refractivity contribution is -0.132. The third kappa shape index (κ3) is 51.5. The lowest BCUT2D eigenvalue weighted by Gasteiger charge is -1.85. The highest BCUT2D eigenvalue weighted by Gasteiger charge is 1.76. The first-order valence-electron chi connectivity index (χ1n) is 4.38. The van der Waals surface area contributed by atoms with E-state index in [1.165, 1.54) is 12.8 Å². The van der Waals surface area contributed by atoms with Gasteiger partial charge < -0.3 is 10.2 Å². The third-order valence-electron chi connectivity index (χ3n) is 0.915. The minimum Gasteiger partial charge on any atom is -0.478 e. The molecule has 0 aromatic carbocycles. The van der Waals surface area contributed by atoms with Crippen LogP contribution in [0.2, 0.25) is 0 Å². The second kappa shape index (κ2) is 19.7. The van der Waals surface area contributed by atoms with Crippen LogP contribution >= 0.6 is 25.3 Å². The minimum absolute atomic E-state index is 0.833. The van der Waals surface area contributed by atoms with Crippen molar-refractivity contribution in [3.63, 3.8) is 0 Å². The van der Waals surface area contributed by atoms with E-state index in [4.69, 9.17) is 10.2 Å². The van der Waals surface area contributed by atoms with Crippen LogP contribution in [0.5, 0.6) is 0 Å². The molecule has 0 fully saturated rings. The van der Waals surface area contributed by atoms with Gasteiger partial charge in [-0.3, -0.25) is 0 Å². The molecule has 0 spiro atoms. The number of hydrogen-bond donors (Lipinski definition) is 4. The Balaban J connectivity index is -0.000000160. The summed E-state index contributed by atoms with van der Waals surface area (Å²) in [6.45, 7) is 5.92. The summed E-state index contributed by atoms with van der Waals surface area (Å²) < 4.78 is 0. The smallest absolute Gasteiger partial charge is 0.327 e. The van der Waals surface area contributed by atoms with Gasteiger partial charge in [0.2, 0.25) is 0 Å². The predicted molar refractivity (Wildman–Crippen MR) is 72.6 cm³/mol. The standard InChI is InChI=1S/C4H10S2.2C3H4O2/c5-3-1-2-4-6;2*1-2-3(4)5/h5-6H,1-4H2;2*2H,1H2,(H,4,5). The summed E-state index contributed by atoms with van der Waals surface area (Å²) in [5.74, 6) is 0.0381. The van der Waals surface area contributed by atoms with E-state index in [-0.39, 0.29) is 0 Å². The molecule has 0 aromatic heterocycles. The molecule has 0 saturated heterocycles. The number of unbranched alkanes of at least 4 members (excludes halogenated alkanes) is 1. The van der Waals surface area contributed by atoms with Gasteiger partial charge >= 0.3 is 11.9 Å². The molecule has 0 aliphatic heterocycles. The molecule has 0 bridgehead atoms. The van der Waals surface area contributed by atoms with E-state index in [1.807, 2.05) is 0 Å². The number of hydrogen-bond acceptors (Lipinski definition) is 4. The lowest BCUT2D eigenvalue weighted by Crippen LogP contribution is -1.82. The van der Waals surface area contributed by atoms with Crippen LogP contribution in [-0.2, 0) is 9.59 Å². The zero-order valence-electron chi connectivity index (χ0n) is 9.00. The largest absolute Gasteiger partial charge is 0.478 e. The van der Waals surface area contributed by atoms with Gasteiger partial charge in [0.25, 0.3) is 0 Å². The quantitative estimate of drug-likeness (QED) is 0.349. The van der Waals surface area contributed by atoms with Gasteiger partial charge in [-0.15, -0.1) is 0 Å². The van der Waals surface area contributed by atoms with E-state index in [1.54, 1.807) is 0 Å². The van der Waals surface area contributed by atoms with Crippen LogP contribution in [0.4, 0.5) is 0 Å². The Hall–Kier alpha value is -0.880. The maximum Gasteiger partial charge on any atom is 0.327 e. The molecule has 16 heavy (non-hydrogen) atoms. The molecule has 0 aromatic rings. The first kappa shape index (κ1) is 20.5.